The zero-order chi connectivity index (χ0) is 28.6. The Morgan fingerprint density at radius 3 is 2.42 bits per heavy atom. The summed E-state index contributed by atoms with van der Waals surface area (Å²) in [6.07, 6.45) is -2.75. The van der Waals surface area contributed by atoms with Crippen LogP contribution in [0, 0.1) is 0 Å². The first-order chi connectivity index (χ1) is 17.6. The normalized spacial score (nSPS) is 20.6. The molecular formula is C21H21Cl2F2N5O7S. The molecule has 206 valence electrons. The van der Waals surface area contributed by atoms with Gasteiger partial charge in [0.1, 0.15) is 10.7 Å². The molecule has 0 bridgehead atoms. The third-order valence-corrected chi connectivity index (χ3v) is 7.62. The lowest BCUT2D eigenvalue weighted by Crippen LogP contribution is -2.57. The van der Waals surface area contributed by atoms with Crippen LogP contribution in [0.2, 0.25) is 10.0 Å². The van der Waals surface area contributed by atoms with Gasteiger partial charge in [-0.15, -0.1) is 0 Å². The van der Waals surface area contributed by atoms with E-state index in [0.29, 0.717) is 4.68 Å². The van der Waals surface area contributed by atoms with Crippen LogP contribution in [-0.2, 0) is 10.0 Å². The molecule has 17 heteroatoms. The molecule has 38 heavy (non-hydrogen) atoms. The highest BCUT2D eigenvalue weighted by molar-refractivity contribution is 7.93. The molecule has 12 nitrogen and oxygen atoms in total. The van der Waals surface area contributed by atoms with Crippen molar-refractivity contribution in [1.82, 2.24) is 19.5 Å². The number of alkyl halides is 2. The smallest absolute Gasteiger partial charge is 0.349 e. The number of rotatable bonds is 9. The first-order valence-corrected chi connectivity index (χ1v) is 12.8. The van der Waals surface area contributed by atoms with Gasteiger partial charge in [-0.3, -0.25) is 9.78 Å². The maximum Gasteiger partial charge on any atom is 0.349 e. The van der Waals surface area contributed by atoms with Crippen LogP contribution in [0.1, 0.15) is 38.8 Å². The second-order valence-electron chi connectivity index (χ2n) is 8.52. The predicted molar refractivity (Wildman–Crippen MR) is 135 cm³/mol. The molecule has 0 spiro atoms. The molecule has 1 heterocycles. The number of aliphatic hydroxyl groups is 2. The third-order valence-electron chi connectivity index (χ3n) is 5.30. The number of halogens is 4. The van der Waals surface area contributed by atoms with Crippen LogP contribution < -0.4 is 20.7 Å². The molecule has 1 saturated carbocycles. The van der Waals surface area contributed by atoms with E-state index in [2.05, 4.69) is 21.5 Å². The van der Waals surface area contributed by atoms with Crippen LogP contribution in [0.3, 0.4) is 0 Å². The van der Waals surface area contributed by atoms with E-state index in [4.69, 9.17) is 27.9 Å². The minimum Gasteiger partial charge on any atom is -0.511 e. The first-order valence-electron chi connectivity index (χ1n) is 10.6. The number of hydrogen-bond donors (Lipinski definition) is 4. The summed E-state index contributed by atoms with van der Waals surface area (Å²) in [7, 11) is -4.32. The molecule has 1 aliphatic rings. The molecule has 0 amide bonds. The van der Waals surface area contributed by atoms with E-state index in [-0.39, 0.29) is 34.3 Å². The van der Waals surface area contributed by atoms with Gasteiger partial charge in [0.05, 0.1) is 21.8 Å². The first kappa shape index (κ1) is 29.4. The number of allylic oxidation sites excluding steroid dienone is 2. The highest BCUT2D eigenvalue weighted by Crippen LogP contribution is 2.37. The zero-order valence-corrected chi connectivity index (χ0v) is 22.0. The summed E-state index contributed by atoms with van der Waals surface area (Å²) in [5.74, 6) is -1.37. The number of aliphatic imine (C=N–C) groups is 1. The minimum atomic E-state index is -4.32. The van der Waals surface area contributed by atoms with Crippen molar-refractivity contribution in [3.05, 3.63) is 71.3 Å². The van der Waals surface area contributed by atoms with E-state index < -0.39 is 61.6 Å². The number of aromatic amines is 1. The zero-order valence-electron chi connectivity index (χ0n) is 19.7. The Kier molecular flexibility index (Phi) is 8.48. The molecule has 3 rings (SSSR count). The summed E-state index contributed by atoms with van der Waals surface area (Å²) in [6, 6.07) is 2.11. The van der Waals surface area contributed by atoms with Gasteiger partial charge in [-0.25, -0.2) is 31.7 Å². The number of nitrogens with one attached hydrogen (secondary N) is 2. The summed E-state index contributed by atoms with van der Waals surface area (Å²) in [6.45, 7) is 5.99. The minimum absolute atomic E-state index is 0.167. The quantitative estimate of drug-likeness (QED) is 0.194. The van der Waals surface area contributed by atoms with Crippen LogP contribution in [0.15, 0.2) is 49.3 Å². The standard InChI is InChI=1S/C21H21Cl2F2N5O7S/c1-9(31)14(38(35,36)29-21(2)7-11(32)8-21)6-15(26-3)37-17-12(22)4-10(5-13(17)23)30-20(34)27-19(33)16(28-30)18(24)25/h4-6,11,18,29,31-32H,3,7-8H2,1-2H3,(H,27,33,34)/b14-9-,15-6+/t11-,21-. The molecular weight excluding hydrogens is 575 g/mol. The fourth-order valence-electron chi connectivity index (χ4n) is 3.64. The molecule has 1 aliphatic carbocycles. The van der Waals surface area contributed by atoms with Crippen molar-refractivity contribution >= 4 is 39.9 Å². The molecule has 0 saturated heterocycles. The summed E-state index contributed by atoms with van der Waals surface area (Å²) in [4.78, 5) is 28.3. The van der Waals surface area contributed by atoms with E-state index in [9.17, 15) is 37.0 Å². The number of benzene rings is 1. The van der Waals surface area contributed by atoms with E-state index in [0.717, 1.165) is 25.1 Å². The predicted octanol–water partition coefficient (Wildman–Crippen LogP) is 2.71. The number of ether oxygens (including phenoxy) is 1. The van der Waals surface area contributed by atoms with Gasteiger partial charge in [-0.2, -0.15) is 9.78 Å². The number of aromatic nitrogens is 3. The lowest BCUT2D eigenvalue weighted by atomic mass is 9.77. The maximum atomic E-state index is 13.1. The van der Waals surface area contributed by atoms with Crippen LogP contribution in [0.25, 0.3) is 5.69 Å². The number of aliphatic hydroxyl groups excluding tert-OH is 2. The van der Waals surface area contributed by atoms with Gasteiger partial charge in [-0.1, -0.05) is 23.2 Å². The van der Waals surface area contributed by atoms with Gasteiger partial charge >= 0.3 is 5.69 Å². The van der Waals surface area contributed by atoms with Gasteiger partial charge in [-0.05, 0) is 45.5 Å². The molecule has 0 radical (unpaired) electrons. The van der Waals surface area contributed by atoms with E-state index in [1.54, 1.807) is 11.9 Å². The van der Waals surface area contributed by atoms with E-state index in [1.165, 1.54) is 0 Å². The van der Waals surface area contributed by atoms with Crippen molar-refractivity contribution in [3.63, 3.8) is 0 Å². The maximum absolute atomic E-state index is 13.1. The topological polar surface area (TPSA) is 176 Å². The van der Waals surface area contributed by atoms with Gasteiger partial charge in [0.15, 0.2) is 11.4 Å². The molecule has 0 aliphatic heterocycles. The second-order valence-corrected chi connectivity index (χ2v) is 11.0. The Bertz CT molecular complexity index is 1540. The molecule has 4 N–H and O–H groups in total. The number of sulfonamides is 1. The molecule has 0 unspecified atom stereocenters. The summed E-state index contributed by atoms with van der Waals surface area (Å²) < 4.78 is 60.3. The molecule has 1 aromatic carbocycles. The largest absolute Gasteiger partial charge is 0.511 e. The third kappa shape index (κ3) is 6.30. The van der Waals surface area contributed by atoms with Crippen LogP contribution in [-0.4, -0.2) is 51.8 Å². The van der Waals surface area contributed by atoms with Crippen LogP contribution in [0.5, 0.6) is 5.75 Å². The summed E-state index contributed by atoms with van der Waals surface area (Å²) in [5.41, 5.74) is -4.86. The van der Waals surface area contributed by atoms with Crippen LogP contribution >= 0.6 is 23.2 Å². The Labute approximate surface area is 223 Å². The second kappa shape index (κ2) is 10.9. The number of hydrogen-bond acceptors (Lipinski definition) is 9. The SMILES string of the molecule is C=N/C(=C\C(=C(/C)O)S(=O)(=O)N[C@]1(C)C[C@@H](O)C1)Oc1c(Cl)cc(-n2nc(C(F)F)c(=O)[nH]c2=O)cc1Cl. The Hall–Kier alpha value is -3.11. The van der Waals surface area contributed by atoms with E-state index >= 15 is 0 Å². The molecule has 1 fully saturated rings. The monoisotopic (exact) mass is 595 g/mol. The van der Waals surface area contributed by atoms with Crippen molar-refractivity contribution in [2.24, 2.45) is 4.99 Å². The fraction of sp³-hybridized carbons (Fsp3) is 0.333. The van der Waals surface area contributed by atoms with Gasteiger partial charge < -0.3 is 14.9 Å². The average molecular weight is 596 g/mol. The fourth-order valence-corrected chi connectivity index (χ4v) is 5.76. The highest BCUT2D eigenvalue weighted by Gasteiger charge is 2.43. The van der Waals surface area contributed by atoms with Crippen molar-refractivity contribution in [2.75, 3.05) is 0 Å². The molecule has 1 aromatic heterocycles. The highest BCUT2D eigenvalue weighted by atomic mass is 35.5. The van der Waals surface area contributed by atoms with Crippen molar-refractivity contribution in [3.8, 4) is 11.4 Å². The Balaban J connectivity index is 1.98. The lowest BCUT2D eigenvalue weighted by Gasteiger charge is -2.42. The van der Waals surface area contributed by atoms with E-state index in [1.807, 2.05) is 0 Å². The number of nitrogens with zero attached hydrogens (tertiary/aromatic N) is 3. The summed E-state index contributed by atoms with van der Waals surface area (Å²) >= 11 is 12.4. The van der Waals surface area contributed by atoms with Crippen molar-refractivity contribution < 1.29 is 32.1 Å². The van der Waals surface area contributed by atoms with Gasteiger partial charge in [0.25, 0.3) is 12.0 Å². The Morgan fingerprint density at radius 1 is 1.37 bits per heavy atom. The van der Waals surface area contributed by atoms with Crippen LogP contribution in [0.4, 0.5) is 8.78 Å². The Morgan fingerprint density at radius 2 is 1.95 bits per heavy atom. The van der Waals surface area contributed by atoms with Gasteiger partial charge in [0, 0.05) is 11.6 Å². The van der Waals surface area contributed by atoms with Gasteiger partial charge in [0.2, 0.25) is 15.9 Å². The molecule has 0 atom stereocenters. The van der Waals surface area contributed by atoms with Crippen molar-refractivity contribution in [2.45, 2.75) is 44.8 Å². The summed E-state index contributed by atoms with van der Waals surface area (Å²) in [5, 5.41) is 22.4. The lowest BCUT2D eigenvalue weighted by molar-refractivity contribution is 0.0240. The van der Waals surface area contributed by atoms with Crippen molar-refractivity contribution in [1.29, 1.82) is 0 Å². The number of H-pyrrole nitrogens is 1. The molecule has 2 aromatic rings. The average Bonchev–Trinajstić information content (AvgIpc) is 2.76.